The molecule has 0 aliphatic rings. The second kappa shape index (κ2) is 3.87. The van der Waals surface area contributed by atoms with Crippen LogP contribution in [0.1, 0.15) is 10.4 Å². The Morgan fingerprint density at radius 2 is 1.88 bits per heavy atom. The minimum Gasteiger partial charge on any atom is -0.366 e. The molecule has 0 radical (unpaired) electrons. The summed E-state index contributed by atoms with van der Waals surface area (Å²) in [4.78, 5) is 19.9. The topological polar surface area (TPSA) is 146 Å². The van der Waals surface area contributed by atoms with Crippen molar-refractivity contribution in [2.75, 3.05) is 0 Å². The molecule has 0 aromatic heterocycles. The number of primary amides is 1. The van der Waals surface area contributed by atoms with Gasteiger partial charge in [-0.2, -0.15) is 0 Å². The Morgan fingerprint density at radius 3 is 2.25 bits per heavy atom. The monoisotopic (exact) mass is 245 g/mol. The Labute approximate surface area is 90.1 Å². The zero-order valence-electron chi connectivity index (χ0n) is 7.78. The van der Waals surface area contributed by atoms with E-state index < -0.39 is 31.4 Å². The van der Waals surface area contributed by atoms with Gasteiger partial charge in [0.15, 0.2) is 0 Å². The van der Waals surface area contributed by atoms with Crippen molar-refractivity contribution in [2.24, 2.45) is 10.9 Å². The van der Waals surface area contributed by atoms with Crippen LogP contribution in [0.15, 0.2) is 23.1 Å². The van der Waals surface area contributed by atoms with Crippen molar-refractivity contribution < 1.29 is 18.1 Å². The summed E-state index contributed by atoms with van der Waals surface area (Å²) < 4.78 is 22.0. The highest BCUT2D eigenvalue weighted by Gasteiger charge is 2.18. The number of sulfonamides is 1. The van der Waals surface area contributed by atoms with Crippen LogP contribution in [0, 0.1) is 10.1 Å². The van der Waals surface area contributed by atoms with E-state index >= 15 is 0 Å². The Balaban J connectivity index is 3.54. The lowest BCUT2D eigenvalue weighted by molar-refractivity contribution is -0.385. The number of nitro benzene ring substituents is 1. The molecule has 0 atom stereocenters. The number of hydrogen-bond acceptors (Lipinski definition) is 5. The van der Waals surface area contributed by atoms with Crippen molar-refractivity contribution in [3.05, 3.63) is 33.9 Å². The van der Waals surface area contributed by atoms with Crippen molar-refractivity contribution in [3.8, 4) is 0 Å². The molecular formula is C7H7N3O5S. The van der Waals surface area contributed by atoms with Gasteiger partial charge in [-0.15, -0.1) is 0 Å². The van der Waals surface area contributed by atoms with Gasteiger partial charge in [0.05, 0.1) is 9.82 Å². The number of nitrogens with two attached hydrogens (primary N) is 2. The van der Waals surface area contributed by atoms with E-state index in [2.05, 4.69) is 0 Å². The van der Waals surface area contributed by atoms with Crippen molar-refractivity contribution >= 4 is 21.6 Å². The Hall–Kier alpha value is -2.00. The number of primary sulfonamides is 1. The third-order valence-electron chi connectivity index (χ3n) is 1.72. The highest BCUT2D eigenvalue weighted by Crippen LogP contribution is 2.19. The number of hydrogen-bond donors (Lipinski definition) is 2. The quantitative estimate of drug-likeness (QED) is 0.536. The van der Waals surface area contributed by atoms with Crippen LogP contribution >= 0.6 is 0 Å². The molecule has 0 aliphatic carbocycles. The standard InChI is InChI=1S/C7H7N3O5S/c8-7(11)4-1-5(10(12)13)3-6(2-4)16(9,14)15/h1-3H,(H2,8,11)(H2,9,14,15). The fourth-order valence-corrected chi connectivity index (χ4v) is 1.57. The molecule has 1 aromatic rings. The molecule has 0 heterocycles. The molecule has 8 nitrogen and oxygen atoms in total. The van der Waals surface area contributed by atoms with Crippen LogP contribution in [-0.2, 0) is 10.0 Å². The molecule has 16 heavy (non-hydrogen) atoms. The number of benzene rings is 1. The molecule has 1 aromatic carbocycles. The van der Waals surface area contributed by atoms with Gasteiger partial charge >= 0.3 is 0 Å². The first-order valence-electron chi connectivity index (χ1n) is 3.84. The molecule has 0 saturated carbocycles. The molecule has 9 heteroatoms. The molecular weight excluding hydrogens is 238 g/mol. The molecule has 0 bridgehead atoms. The predicted octanol–water partition coefficient (Wildman–Crippen LogP) is -0.659. The minimum atomic E-state index is -4.13. The van der Waals surface area contributed by atoms with E-state index in [4.69, 9.17) is 10.9 Å². The average Bonchev–Trinajstić information content (AvgIpc) is 2.15. The first-order chi connectivity index (χ1) is 7.21. The van der Waals surface area contributed by atoms with Crippen LogP contribution in [0.25, 0.3) is 0 Å². The summed E-state index contributed by atoms with van der Waals surface area (Å²) in [7, 11) is -4.13. The highest BCUT2D eigenvalue weighted by molar-refractivity contribution is 7.89. The number of carbonyl (C=O) groups is 1. The molecule has 0 aliphatic heterocycles. The van der Waals surface area contributed by atoms with E-state index in [-0.39, 0.29) is 5.56 Å². The predicted molar refractivity (Wildman–Crippen MR) is 53.0 cm³/mol. The van der Waals surface area contributed by atoms with Gasteiger partial charge in [0.2, 0.25) is 15.9 Å². The van der Waals surface area contributed by atoms with E-state index in [1.807, 2.05) is 0 Å². The largest absolute Gasteiger partial charge is 0.366 e. The summed E-state index contributed by atoms with van der Waals surface area (Å²) >= 11 is 0. The lowest BCUT2D eigenvalue weighted by Gasteiger charge is -2.01. The Bertz CT molecular complexity index is 533. The van der Waals surface area contributed by atoms with Crippen molar-refractivity contribution in [1.82, 2.24) is 0 Å². The van der Waals surface area contributed by atoms with Crippen LogP contribution in [-0.4, -0.2) is 19.2 Å². The van der Waals surface area contributed by atoms with Crippen molar-refractivity contribution in [3.63, 3.8) is 0 Å². The van der Waals surface area contributed by atoms with Gasteiger partial charge in [-0.25, -0.2) is 13.6 Å². The molecule has 0 saturated heterocycles. The second-order valence-corrected chi connectivity index (χ2v) is 4.44. The summed E-state index contributed by atoms with van der Waals surface area (Å²) in [5, 5.41) is 15.3. The maximum absolute atomic E-state index is 11.0. The molecule has 86 valence electrons. The maximum atomic E-state index is 11.0. The first-order valence-corrected chi connectivity index (χ1v) is 5.38. The van der Waals surface area contributed by atoms with Gasteiger partial charge in [-0.3, -0.25) is 14.9 Å². The molecule has 0 fully saturated rings. The number of nitro groups is 1. The van der Waals surface area contributed by atoms with Crippen LogP contribution in [0.4, 0.5) is 5.69 Å². The SMILES string of the molecule is NC(=O)c1cc([N+](=O)[O-])cc(S(N)(=O)=O)c1. The van der Waals surface area contributed by atoms with Crippen LogP contribution in [0.5, 0.6) is 0 Å². The maximum Gasteiger partial charge on any atom is 0.271 e. The van der Waals surface area contributed by atoms with Gasteiger partial charge in [-0.1, -0.05) is 0 Å². The summed E-state index contributed by atoms with van der Waals surface area (Å²) in [6.07, 6.45) is 0. The van der Waals surface area contributed by atoms with E-state index in [9.17, 15) is 23.3 Å². The lowest BCUT2D eigenvalue weighted by Crippen LogP contribution is -2.16. The summed E-state index contributed by atoms with van der Waals surface area (Å²) in [6.45, 7) is 0. The smallest absolute Gasteiger partial charge is 0.271 e. The van der Waals surface area contributed by atoms with Gasteiger partial charge in [0.25, 0.3) is 5.69 Å². The van der Waals surface area contributed by atoms with Crippen LogP contribution < -0.4 is 10.9 Å². The minimum absolute atomic E-state index is 0.293. The molecule has 4 N–H and O–H groups in total. The van der Waals surface area contributed by atoms with Gasteiger partial charge in [0, 0.05) is 17.7 Å². The van der Waals surface area contributed by atoms with Crippen molar-refractivity contribution in [2.45, 2.75) is 4.90 Å². The number of rotatable bonds is 3. The summed E-state index contributed by atoms with van der Waals surface area (Å²) in [5.74, 6) is -0.978. The Kier molecular flexibility index (Phi) is 2.92. The molecule has 0 unspecified atom stereocenters. The Morgan fingerprint density at radius 1 is 1.31 bits per heavy atom. The number of non-ortho nitro benzene ring substituents is 1. The number of amides is 1. The molecule has 0 spiro atoms. The third kappa shape index (κ3) is 2.52. The zero-order valence-corrected chi connectivity index (χ0v) is 8.60. The van der Waals surface area contributed by atoms with Crippen LogP contribution in [0.2, 0.25) is 0 Å². The normalized spacial score (nSPS) is 11.1. The van der Waals surface area contributed by atoms with Crippen molar-refractivity contribution in [1.29, 1.82) is 0 Å². The highest BCUT2D eigenvalue weighted by atomic mass is 32.2. The molecule has 1 amide bonds. The number of carbonyl (C=O) groups excluding carboxylic acids is 1. The van der Waals surface area contributed by atoms with E-state index in [1.54, 1.807) is 0 Å². The fraction of sp³-hybridized carbons (Fsp3) is 0. The zero-order chi connectivity index (χ0) is 12.5. The average molecular weight is 245 g/mol. The van der Waals surface area contributed by atoms with Crippen LogP contribution in [0.3, 0.4) is 0 Å². The third-order valence-corrected chi connectivity index (χ3v) is 2.61. The van der Waals surface area contributed by atoms with Gasteiger partial charge in [0.1, 0.15) is 0 Å². The van der Waals surface area contributed by atoms with E-state index in [0.717, 1.165) is 18.2 Å². The summed E-state index contributed by atoms with van der Waals surface area (Å²) in [6, 6.07) is 2.50. The lowest BCUT2D eigenvalue weighted by atomic mass is 10.2. The van der Waals surface area contributed by atoms with E-state index in [0.29, 0.717) is 0 Å². The van der Waals surface area contributed by atoms with Gasteiger partial charge < -0.3 is 5.73 Å². The van der Waals surface area contributed by atoms with E-state index in [1.165, 1.54) is 0 Å². The van der Waals surface area contributed by atoms with Gasteiger partial charge in [-0.05, 0) is 6.07 Å². The fourth-order valence-electron chi connectivity index (χ4n) is 0.995. The number of nitrogens with zero attached hydrogens (tertiary/aromatic N) is 1. The second-order valence-electron chi connectivity index (χ2n) is 2.88. The first kappa shape index (κ1) is 12.1. The molecule has 1 rings (SSSR count). The summed E-state index contributed by atoms with van der Waals surface area (Å²) in [5.41, 5.74) is 4.04.